The highest BCUT2D eigenvalue weighted by Gasteiger charge is 2.12. The number of aliphatic hydroxyl groups is 3. The highest BCUT2D eigenvalue weighted by atomic mass is 16.4. The summed E-state index contributed by atoms with van der Waals surface area (Å²) in [5.41, 5.74) is 3.25. The van der Waals surface area contributed by atoms with E-state index in [0.29, 0.717) is 22.1 Å². The first-order valence-corrected chi connectivity index (χ1v) is 7.18. The number of aliphatic hydroxyl groups excluding tert-OH is 3. The summed E-state index contributed by atoms with van der Waals surface area (Å²) in [5.74, 6) is 0. The van der Waals surface area contributed by atoms with Gasteiger partial charge in [-0.05, 0) is 39.9 Å². The molecule has 0 saturated carbocycles. The Kier molecular flexibility index (Phi) is 4.25. The van der Waals surface area contributed by atoms with Crippen LogP contribution < -0.4 is 5.63 Å². The van der Waals surface area contributed by atoms with Crippen molar-refractivity contribution in [2.75, 3.05) is 0 Å². The van der Waals surface area contributed by atoms with Crippen molar-refractivity contribution in [1.82, 2.24) is 0 Å². The van der Waals surface area contributed by atoms with Crippen LogP contribution in [0.25, 0.3) is 22.1 Å². The van der Waals surface area contributed by atoms with E-state index in [9.17, 15) is 15.0 Å². The van der Waals surface area contributed by atoms with Crippen molar-refractivity contribution in [2.45, 2.75) is 19.8 Å². The summed E-state index contributed by atoms with van der Waals surface area (Å²) in [7, 11) is 0. The van der Waals surface area contributed by atoms with Crippen LogP contribution in [0, 0.1) is 0 Å². The maximum absolute atomic E-state index is 11.6. The van der Waals surface area contributed by atoms with Gasteiger partial charge in [0.25, 0.3) is 0 Å². The molecule has 2 aromatic carbocycles. The largest absolute Gasteiger partial charge is 0.423 e. The lowest BCUT2D eigenvalue weighted by molar-refractivity contribution is 0.278. The molecule has 0 amide bonds. The molecule has 0 aliphatic rings. The summed E-state index contributed by atoms with van der Waals surface area (Å²) in [6.45, 7) is -0.575. The Morgan fingerprint density at radius 3 is 2.04 bits per heavy atom. The standard InChI is InChI=1S/C18H16O5/c19-8-11-1-3-12(4-2-11)13-5-14(9-20)18-15(10-21)7-17(22)23-16(18)6-13/h1-7,19-21H,8-10H2. The summed E-state index contributed by atoms with van der Waals surface area (Å²) in [6.07, 6.45) is 0. The van der Waals surface area contributed by atoms with E-state index in [1.54, 1.807) is 24.3 Å². The van der Waals surface area contributed by atoms with Crippen LogP contribution in [0.3, 0.4) is 0 Å². The van der Waals surface area contributed by atoms with Crippen LogP contribution in [0.2, 0.25) is 0 Å². The third-order valence-corrected chi connectivity index (χ3v) is 3.82. The first-order chi connectivity index (χ1) is 11.2. The van der Waals surface area contributed by atoms with Crippen molar-refractivity contribution >= 4 is 11.0 Å². The van der Waals surface area contributed by atoms with E-state index in [-0.39, 0.29) is 19.8 Å². The normalized spacial score (nSPS) is 11.1. The van der Waals surface area contributed by atoms with E-state index in [0.717, 1.165) is 16.7 Å². The summed E-state index contributed by atoms with van der Waals surface area (Å²) in [4.78, 5) is 11.6. The lowest BCUT2D eigenvalue weighted by atomic mass is 9.97. The summed E-state index contributed by atoms with van der Waals surface area (Å²) >= 11 is 0. The first-order valence-electron chi connectivity index (χ1n) is 7.18. The fraction of sp³-hybridized carbons (Fsp3) is 0.167. The van der Waals surface area contributed by atoms with Gasteiger partial charge in [0.2, 0.25) is 0 Å². The zero-order valence-electron chi connectivity index (χ0n) is 12.3. The summed E-state index contributed by atoms with van der Waals surface area (Å²) in [6, 6.07) is 12.1. The van der Waals surface area contributed by atoms with Crippen LogP contribution in [0.5, 0.6) is 0 Å². The highest BCUT2D eigenvalue weighted by molar-refractivity contribution is 5.88. The van der Waals surface area contributed by atoms with E-state index < -0.39 is 5.63 Å². The second-order valence-corrected chi connectivity index (χ2v) is 5.27. The molecule has 0 aliphatic carbocycles. The van der Waals surface area contributed by atoms with Crippen molar-refractivity contribution in [2.24, 2.45) is 0 Å². The number of rotatable bonds is 4. The number of hydrogen-bond donors (Lipinski definition) is 3. The van der Waals surface area contributed by atoms with E-state index in [1.165, 1.54) is 6.07 Å². The van der Waals surface area contributed by atoms with Crippen molar-refractivity contribution in [3.05, 3.63) is 69.6 Å². The Bertz CT molecular complexity index is 894. The predicted octanol–water partition coefficient (Wildman–Crippen LogP) is 1.94. The van der Waals surface area contributed by atoms with Crippen LogP contribution in [0.1, 0.15) is 16.7 Å². The number of fused-ring (bicyclic) bond motifs is 1. The minimum atomic E-state index is -0.543. The third-order valence-electron chi connectivity index (χ3n) is 3.82. The zero-order chi connectivity index (χ0) is 16.4. The van der Waals surface area contributed by atoms with Gasteiger partial charge in [-0.1, -0.05) is 24.3 Å². The quantitative estimate of drug-likeness (QED) is 0.640. The smallest absolute Gasteiger partial charge is 0.336 e. The Balaban J connectivity index is 2.24. The zero-order valence-corrected chi connectivity index (χ0v) is 12.3. The second-order valence-electron chi connectivity index (χ2n) is 5.27. The van der Waals surface area contributed by atoms with Crippen LogP contribution in [-0.4, -0.2) is 15.3 Å². The predicted molar refractivity (Wildman–Crippen MR) is 85.7 cm³/mol. The van der Waals surface area contributed by atoms with Crippen molar-refractivity contribution in [3.63, 3.8) is 0 Å². The van der Waals surface area contributed by atoms with Gasteiger partial charge < -0.3 is 19.7 Å². The van der Waals surface area contributed by atoms with E-state index in [2.05, 4.69) is 0 Å². The van der Waals surface area contributed by atoms with Gasteiger partial charge in [-0.25, -0.2) is 4.79 Å². The topological polar surface area (TPSA) is 90.9 Å². The summed E-state index contributed by atoms with van der Waals surface area (Å²) < 4.78 is 5.24. The fourth-order valence-electron chi connectivity index (χ4n) is 2.69. The van der Waals surface area contributed by atoms with Gasteiger partial charge in [0, 0.05) is 11.5 Å². The molecule has 1 aromatic heterocycles. The van der Waals surface area contributed by atoms with Gasteiger partial charge in [0.15, 0.2) is 0 Å². The minimum Gasteiger partial charge on any atom is -0.423 e. The first kappa shape index (κ1) is 15.4. The van der Waals surface area contributed by atoms with E-state index in [4.69, 9.17) is 9.52 Å². The van der Waals surface area contributed by atoms with Gasteiger partial charge in [0.1, 0.15) is 5.58 Å². The van der Waals surface area contributed by atoms with E-state index in [1.807, 2.05) is 12.1 Å². The van der Waals surface area contributed by atoms with Crippen LogP contribution in [0.15, 0.2) is 51.7 Å². The molecule has 0 saturated heterocycles. The molecule has 23 heavy (non-hydrogen) atoms. The SMILES string of the molecule is O=c1cc(CO)c2c(CO)cc(-c3ccc(CO)cc3)cc2o1. The third kappa shape index (κ3) is 2.90. The molecule has 3 N–H and O–H groups in total. The molecule has 118 valence electrons. The maximum Gasteiger partial charge on any atom is 0.336 e. The van der Waals surface area contributed by atoms with Crippen molar-refractivity contribution in [1.29, 1.82) is 0 Å². The molecular formula is C18H16O5. The molecule has 3 rings (SSSR count). The number of hydrogen-bond acceptors (Lipinski definition) is 5. The average Bonchev–Trinajstić information content (AvgIpc) is 2.59. The highest BCUT2D eigenvalue weighted by Crippen LogP contribution is 2.29. The molecule has 0 bridgehead atoms. The van der Waals surface area contributed by atoms with Gasteiger partial charge in [-0.2, -0.15) is 0 Å². The molecule has 0 aliphatic heterocycles. The molecule has 0 radical (unpaired) electrons. The molecule has 3 aromatic rings. The Hall–Kier alpha value is -2.47. The monoisotopic (exact) mass is 312 g/mol. The van der Waals surface area contributed by atoms with Crippen LogP contribution in [-0.2, 0) is 19.8 Å². The van der Waals surface area contributed by atoms with Gasteiger partial charge in [0.05, 0.1) is 19.8 Å². The molecule has 0 unspecified atom stereocenters. The van der Waals surface area contributed by atoms with Gasteiger partial charge >= 0.3 is 5.63 Å². The van der Waals surface area contributed by atoms with E-state index >= 15 is 0 Å². The molecule has 5 nitrogen and oxygen atoms in total. The molecule has 0 fully saturated rings. The lowest BCUT2D eigenvalue weighted by Gasteiger charge is -2.11. The molecule has 0 atom stereocenters. The molecule has 5 heteroatoms. The lowest BCUT2D eigenvalue weighted by Crippen LogP contribution is -2.03. The van der Waals surface area contributed by atoms with Crippen LogP contribution >= 0.6 is 0 Å². The van der Waals surface area contributed by atoms with Gasteiger partial charge in [-0.3, -0.25) is 0 Å². The summed E-state index contributed by atoms with van der Waals surface area (Å²) in [5, 5.41) is 28.7. The molecular weight excluding hydrogens is 296 g/mol. The average molecular weight is 312 g/mol. The molecule has 0 spiro atoms. The minimum absolute atomic E-state index is 0.0331. The maximum atomic E-state index is 11.6. The molecule has 1 heterocycles. The van der Waals surface area contributed by atoms with Gasteiger partial charge in [-0.15, -0.1) is 0 Å². The fourth-order valence-corrected chi connectivity index (χ4v) is 2.69. The van der Waals surface area contributed by atoms with Crippen molar-refractivity contribution < 1.29 is 19.7 Å². The Morgan fingerprint density at radius 1 is 0.783 bits per heavy atom. The van der Waals surface area contributed by atoms with Crippen molar-refractivity contribution in [3.8, 4) is 11.1 Å². The number of benzene rings is 2. The Morgan fingerprint density at radius 2 is 1.43 bits per heavy atom. The second kappa shape index (κ2) is 6.34. The van der Waals surface area contributed by atoms with Crippen LogP contribution in [0.4, 0.5) is 0 Å². The Labute approximate surface area is 132 Å².